The highest BCUT2D eigenvalue weighted by Gasteiger charge is 2.34. The van der Waals surface area contributed by atoms with Gasteiger partial charge in [-0.25, -0.2) is 4.39 Å². The smallest absolute Gasteiger partial charge is 0.323 e. The highest BCUT2D eigenvalue weighted by molar-refractivity contribution is 5.73. The van der Waals surface area contributed by atoms with E-state index < -0.39 is 12.0 Å². The van der Waals surface area contributed by atoms with Gasteiger partial charge in [-0.05, 0) is 75.5 Å². The molecule has 0 bridgehead atoms. The number of aryl methyl sites for hydroxylation is 1. The van der Waals surface area contributed by atoms with Crippen LogP contribution in [-0.4, -0.2) is 83.1 Å². The Morgan fingerprint density at radius 2 is 1.73 bits per heavy atom. The van der Waals surface area contributed by atoms with Crippen LogP contribution in [0.15, 0.2) is 66.7 Å². The van der Waals surface area contributed by atoms with Gasteiger partial charge in [-0.3, -0.25) is 14.4 Å². The Morgan fingerprint density at radius 3 is 2.30 bits per heavy atom. The van der Waals surface area contributed by atoms with Crippen LogP contribution in [0.5, 0.6) is 0 Å². The van der Waals surface area contributed by atoms with Crippen LogP contribution in [0.2, 0.25) is 0 Å². The number of halogens is 1. The topological polar surface area (TPSA) is 70.8 Å². The normalized spacial score (nSPS) is 19.2. The molecule has 5 rings (SSSR count). The van der Waals surface area contributed by atoms with E-state index in [-0.39, 0.29) is 12.4 Å². The lowest BCUT2D eigenvalue weighted by Gasteiger charge is -2.34. The lowest BCUT2D eigenvalue weighted by molar-refractivity contribution is -0.144. The number of nitrogens with zero attached hydrogens (tertiary/aromatic N) is 4. The SMILES string of the molecule is CCn1nc(Cc2ccccc2)cc1C1CCN(CC2CCN(C(COC)C(=O)O)C2)CC1.Fc1ccccc1. The first-order chi connectivity index (χ1) is 19.5. The van der Waals surface area contributed by atoms with Gasteiger partial charge in [0.25, 0.3) is 0 Å². The second-order valence-electron chi connectivity index (χ2n) is 10.9. The van der Waals surface area contributed by atoms with Gasteiger partial charge in [0, 0.05) is 44.8 Å². The zero-order valence-electron chi connectivity index (χ0n) is 23.8. The molecule has 40 heavy (non-hydrogen) atoms. The van der Waals surface area contributed by atoms with Crippen molar-refractivity contribution in [2.24, 2.45) is 5.92 Å². The van der Waals surface area contributed by atoms with Gasteiger partial charge in [0.05, 0.1) is 12.3 Å². The standard InChI is InChI=1S/C26H38N4O3.C6H5F/c1-3-30-24(16-23(27-30)15-20-7-5-4-6-8-20)22-10-12-28(13-11-22)17-21-9-14-29(18-21)25(19-33-2)26(31)32;7-6-4-2-1-3-5-6/h4-8,16,21-22,25H,3,9-15,17-19H2,1-2H3,(H,31,32);1-5H. The summed E-state index contributed by atoms with van der Waals surface area (Å²) >= 11 is 0. The van der Waals surface area contributed by atoms with Crippen molar-refractivity contribution in [2.45, 2.75) is 51.1 Å². The lowest BCUT2D eigenvalue weighted by atomic mass is 9.92. The molecule has 2 fully saturated rings. The van der Waals surface area contributed by atoms with E-state index in [1.54, 1.807) is 25.3 Å². The van der Waals surface area contributed by atoms with E-state index in [1.165, 1.54) is 23.4 Å². The second-order valence-corrected chi connectivity index (χ2v) is 10.9. The van der Waals surface area contributed by atoms with Gasteiger partial charge in [-0.1, -0.05) is 48.5 Å². The first kappa shape index (κ1) is 29.9. The molecule has 0 amide bonds. The second kappa shape index (κ2) is 15.1. The first-order valence-electron chi connectivity index (χ1n) is 14.5. The van der Waals surface area contributed by atoms with Crippen molar-refractivity contribution in [3.05, 3.63) is 89.5 Å². The molecular formula is C32H43FN4O3. The maximum absolute atomic E-state index is 11.9. The Balaban J connectivity index is 0.000000461. The largest absolute Gasteiger partial charge is 0.480 e. The van der Waals surface area contributed by atoms with E-state index in [0.717, 1.165) is 70.6 Å². The Kier molecular flexibility index (Phi) is 11.3. The first-order valence-corrected chi connectivity index (χ1v) is 14.5. The fraction of sp³-hybridized carbons (Fsp3) is 0.500. The number of aliphatic carboxylic acids is 1. The third-order valence-corrected chi connectivity index (χ3v) is 8.01. The number of hydrogen-bond donors (Lipinski definition) is 1. The summed E-state index contributed by atoms with van der Waals surface area (Å²) < 4.78 is 19.2. The zero-order valence-corrected chi connectivity index (χ0v) is 23.8. The monoisotopic (exact) mass is 550 g/mol. The van der Waals surface area contributed by atoms with E-state index in [0.29, 0.717) is 11.8 Å². The molecule has 216 valence electrons. The molecule has 1 aromatic heterocycles. The minimum atomic E-state index is -0.780. The molecule has 0 radical (unpaired) electrons. The molecule has 0 saturated carbocycles. The van der Waals surface area contributed by atoms with Gasteiger partial charge in [-0.15, -0.1) is 0 Å². The molecule has 2 atom stereocenters. The molecule has 0 spiro atoms. The number of rotatable bonds is 10. The van der Waals surface area contributed by atoms with E-state index >= 15 is 0 Å². The van der Waals surface area contributed by atoms with Gasteiger partial charge >= 0.3 is 5.97 Å². The number of carboxylic acid groups (broad SMARTS) is 1. The molecule has 2 aromatic carbocycles. The summed E-state index contributed by atoms with van der Waals surface area (Å²) in [6.07, 6.45) is 4.28. The number of benzene rings is 2. The molecule has 7 nitrogen and oxygen atoms in total. The molecule has 0 aliphatic carbocycles. The van der Waals surface area contributed by atoms with Crippen molar-refractivity contribution in [1.82, 2.24) is 19.6 Å². The average molecular weight is 551 g/mol. The van der Waals surface area contributed by atoms with Crippen molar-refractivity contribution < 1.29 is 19.0 Å². The van der Waals surface area contributed by atoms with Crippen LogP contribution in [0, 0.1) is 11.7 Å². The molecule has 2 unspecified atom stereocenters. The maximum Gasteiger partial charge on any atom is 0.323 e. The Morgan fingerprint density at radius 1 is 1.05 bits per heavy atom. The molecule has 3 heterocycles. The summed E-state index contributed by atoms with van der Waals surface area (Å²) in [5, 5.41) is 14.4. The molecule has 3 aromatic rings. The van der Waals surface area contributed by atoms with Crippen molar-refractivity contribution in [2.75, 3.05) is 46.4 Å². The van der Waals surface area contributed by atoms with Gasteiger partial charge in [-0.2, -0.15) is 5.10 Å². The predicted molar refractivity (Wildman–Crippen MR) is 155 cm³/mol. The number of ether oxygens (including phenoxy) is 1. The third kappa shape index (κ3) is 8.46. The number of piperidine rings is 1. The fourth-order valence-electron chi connectivity index (χ4n) is 5.94. The minimum absolute atomic E-state index is 0.178. The van der Waals surface area contributed by atoms with Crippen LogP contribution in [0.1, 0.15) is 49.1 Å². The summed E-state index contributed by atoms with van der Waals surface area (Å²) in [6.45, 7) is 8.31. The van der Waals surface area contributed by atoms with Crippen molar-refractivity contribution in [3.8, 4) is 0 Å². The van der Waals surface area contributed by atoms with Gasteiger partial charge in [0.15, 0.2) is 0 Å². The number of methoxy groups -OCH3 is 1. The molecular weight excluding hydrogens is 507 g/mol. The summed E-state index contributed by atoms with van der Waals surface area (Å²) in [4.78, 5) is 16.2. The van der Waals surface area contributed by atoms with Crippen molar-refractivity contribution in [3.63, 3.8) is 0 Å². The molecule has 2 aliphatic heterocycles. The molecule has 2 aliphatic rings. The van der Waals surface area contributed by atoms with E-state index in [1.807, 2.05) is 0 Å². The number of carboxylic acids is 1. The summed E-state index contributed by atoms with van der Waals surface area (Å²) in [5.74, 6) is 0.148. The number of aromatic nitrogens is 2. The summed E-state index contributed by atoms with van der Waals surface area (Å²) in [7, 11) is 1.57. The van der Waals surface area contributed by atoms with Crippen LogP contribution < -0.4 is 0 Å². The Labute approximate surface area is 237 Å². The van der Waals surface area contributed by atoms with Crippen LogP contribution in [0.4, 0.5) is 4.39 Å². The van der Waals surface area contributed by atoms with Crippen molar-refractivity contribution in [1.29, 1.82) is 0 Å². The Hall–Kier alpha value is -3.07. The van der Waals surface area contributed by atoms with Gasteiger partial charge in [0.2, 0.25) is 0 Å². The minimum Gasteiger partial charge on any atom is -0.480 e. The lowest BCUT2D eigenvalue weighted by Crippen LogP contribution is -2.44. The fourth-order valence-corrected chi connectivity index (χ4v) is 5.94. The van der Waals surface area contributed by atoms with E-state index in [9.17, 15) is 14.3 Å². The average Bonchev–Trinajstić information content (AvgIpc) is 3.60. The zero-order chi connectivity index (χ0) is 28.3. The van der Waals surface area contributed by atoms with Gasteiger partial charge < -0.3 is 14.7 Å². The van der Waals surface area contributed by atoms with Gasteiger partial charge in [0.1, 0.15) is 11.9 Å². The van der Waals surface area contributed by atoms with E-state index in [4.69, 9.17) is 9.84 Å². The highest BCUT2D eigenvalue weighted by Crippen LogP contribution is 2.30. The highest BCUT2D eigenvalue weighted by atomic mass is 19.1. The number of likely N-dealkylation sites (tertiary alicyclic amines) is 2. The summed E-state index contributed by atoms with van der Waals surface area (Å²) in [5.41, 5.74) is 3.86. The molecule has 2 saturated heterocycles. The quantitative estimate of drug-likeness (QED) is 0.387. The van der Waals surface area contributed by atoms with Crippen molar-refractivity contribution >= 4 is 5.97 Å². The van der Waals surface area contributed by atoms with Crippen LogP contribution >= 0.6 is 0 Å². The van der Waals surface area contributed by atoms with Crippen LogP contribution in [0.3, 0.4) is 0 Å². The molecule has 1 N–H and O–H groups in total. The van der Waals surface area contributed by atoms with Crippen LogP contribution in [0.25, 0.3) is 0 Å². The van der Waals surface area contributed by atoms with Crippen LogP contribution in [-0.2, 0) is 22.5 Å². The maximum atomic E-state index is 11.9. The van der Waals surface area contributed by atoms with E-state index in [2.05, 4.69) is 57.8 Å². The molecule has 8 heteroatoms. The number of carbonyl (C=O) groups is 1. The summed E-state index contributed by atoms with van der Waals surface area (Å²) in [6, 6.07) is 20.3. The predicted octanol–water partition coefficient (Wildman–Crippen LogP) is 4.92. The number of hydrogen-bond acceptors (Lipinski definition) is 5. The Bertz CT molecular complexity index is 1170. The third-order valence-electron chi connectivity index (χ3n) is 8.01.